The van der Waals surface area contributed by atoms with Crippen LogP contribution in [0.2, 0.25) is 0 Å². The molecule has 0 amide bonds. The lowest BCUT2D eigenvalue weighted by atomic mass is 9.79. The summed E-state index contributed by atoms with van der Waals surface area (Å²) in [6.07, 6.45) is 6.70. The highest BCUT2D eigenvalue weighted by Crippen LogP contribution is 2.35. The Balaban J connectivity index is 2.17. The number of Topliss-reactive ketones (excluding diaryl/α,β-unsaturated/α-hetero) is 2. The second kappa shape index (κ2) is 4.50. The monoisotopic (exact) mass is 254 g/mol. The number of carbonyl (C=O) groups is 2. The molecule has 0 fully saturated rings. The van der Waals surface area contributed by atoms with Crippen LogP contribution >= 0.6 is 0 Å². The fourth-order valence-corrected chi connectivity index (χ4v) is 2.78. The Morgan fingerprint density at radius 1 is 1.05 bits per heavy atom. The Morgan fingerprint density at radius 2 is 1.79 bits per heavy atom. The van der Waals surface area contributed by atoms with Gasteiger partial charge < -0.3 is 5.11 Å². The number of ketones is 2. The van der Waals surface area contributed by atoms with E-state index < -0.39 is 11.6 Å². The lowest BCUT2D eigenvalue weighted by Gasteiger charge is -2.24. The maximum Gasteiger partial charge on any atom is 0.234 e. The van der Waals surface area contributed by atoms with E-state index in [0.29, 0.717) is 11.1 Å². The van der Waals surface area contributed by atoms with Crippen molar-refractivity contribution < 1.29 is 14.7 Å². The van der Waals surface area contributed by atoms with Gasteiger partial charge in [0, 0.05) is 17.0 Å². The normalized spacial score (nSPS) is 22.6. The second-order valence-electron chi connectivity index (χ2n) is 4.93. The summed E-state index contributed by atoms with van der Waals surface area (Å²) in [6, 6.07) is 6.72. The number of carbonyl (C=O) groups excluding carboxylic acids is 2. The molecule has 2 aliphatic rings. The van der Waals surface area contributed by atoms with Gasteiger partial charge in [0.25, 0.3) is 0 Å². The summed E-state index contributed by atoms with van der Waals surface area (Å²) >= 11 is 0. The molecule has 2 aliphatic carbocycles. The largest absolute Gasteiger partial charge is 0.507 e. The van der Waals surface area contributed by atoms with Crippen molar-refractivity contribution in [3.63, 3.8) is 0 Å². The number of benzene rings is 1. The molecule has 0 unspecified atom stereocenters. The van der Waals surface area contributed by atoms with Crippen molar-refractivity contribution in [1.82, 2.24) is 0 Å². The highest BCUT2D eigenvalue weighted by molar-refractivity contribution is 6.52. The fraction of sp³-hybridized carbons (Fsp3) is 0.250. The molecule has 1 aromatic carbocycles. The van der Waals surface area contributed by atoms with Gasteiger partial charge in [0.1, 0.15) is 5.76 Å². The van der Waals surface area contributed by atoms with Crippen molar-refractivity contribution in [2.24, 2.45) is 5.92 Å². The third-order valence-corrected chi connectivity index (χ3v) is 3.76. The predicted octanol–water partition coefficient (Wildman–Crippen LogP) is 3.08. The molecule has 3 rings (SSSR count). The van der Waals surface area contributed by atoms with E-state index in [0.717, 1.165) is 19.3 Å². The van der Waals surface area contributed by atoms with Crippen LogP contribution in [-0.4, -0.2) is 16.7 Å². The predicted molar refractivity (Wildman–Crippen MR) is 71.8 cm³/mol. The number of rotatable bonds is 1. The van der Waals surface area contributed by atoms with Gasteiger partial charge in [-0.2, -0.15) is 0 Å². The van der Waals surface area contributed by atoms with Gasteiger partial charge in [0.2, 0.25) is 11.6 Å². The van der Waals surface area contributed by atoms with Crippen molar-refractivity contribution in [2.75, 3.05) is 0 Å². The summed E-state index contributed by atoms with van der Waals surface area (Å²) < 4.78 is 0. The summed E-state index contributed by atoms with van der Waals surface area (Å²) in [5.74, 6) is -1.24. The summed E-state index contributed by atoms with van der Waals surface area (Å²) in [4.78, 5) is 24.3. The minimum atomic E-state index is -0.562. The summed E-state index contributed by atoms with van der Waals surface area (Å²) in [5, 5.41) is 10.3. The van der Waals surface area contributed by atoms with Gasteiger partial charge in [-0.25, -0.2) is 0 Å². The molecule has 0 aliphatic heterocycles. The summed E-state index contributed by atoms with van der Waals surface area (Å²) in [7, 11) is 0. The second-order valence-corrected chi connectivity index (χ2v) is 4.93. The van der Waals surface area contributed by atoms with Crippen LogP contribution in [0.5, 0.6) is 0 Å². The minimum absolute atomic E-state index is 0.0308. The third-order valence-electron chi connectivity index (χ3n) is 3.76. The Morgan fingerprint density at radius 3 is 2.47 bits per heavy atom. The Labute approximate surface area is 111 Å². The lowest BCUT2D eigenvalue weighted by molar-refractivity contribution is -0.112. The minimum Gasteiger partial charge on any atom is -0.507 e. The Hall–Kier alpha value is -2.16. The maximum absolute atomic E-state index is 12.2. The van der Waals surface area contributed by atoms with Gasteiger partial charge in [0.15, 0.2) is 0 Å². The lowest BCUT2D eigenvalue weighted by Crippen LogP contribution is -2.28. The standard InChI is InChI=1S/C16H14O3/c17-14-11-8-4-5-9-12(11)15(18)16(19)13(14)10-6-2-1-3-7-10/h2,4-6,8-10,17H,1,3,7H2/t10-/m1/s1. The van der Waals surface area contributed by atoms with Crippen LogP contribution in [0, 0.1) is 5.92 Å². The molecule has 0 saturated heterocycles. The molecular formula is C16H14O3. The molecule has 19 heavy (non-hydrogen) atoms. The summed E-state index contributed by atoms with van der Waals surface area (Å²) in [6.45, 7) is 0. The molecule has 3 nitrogen and oxygen atoms in total. The van der Waals surface area contributed by atoms with Crippen LogP contribution in [0.3, 0.4) is 0 Å². The number of hydrogen-bond acceptors (Lipinski definition) is 3. The quantitative estimate of drug-likeness (QED) is 0.619. The molecule has 96 valence electrons. The van der Waals surface area contributed by atoms with Crippen LogP contribution in [-0.2, 0) is 4.79 Å². The smallest absolute Gasteiger partial charge is 0.234 e. The molecule has 1 atom stereocenters. The Kier molecular flexibility index (Phi) is 2.82. The van der Waals surface area contributed by atoms with Gasteiger partial charge >= 0.3 is 0 Å². The zero-order chi connectivity index (χ0) is 13.4. The van der Waals surface area contributed by atoms with Crippen LogP contribution in [0.1, 0.15) is 35.2 Å². The van der Waals surface area contributed by atoms with Crippen molar-refractivity contribution in [2.45, 2.75) is 19.3 Å². The molecule has 0 aromatic heterocycles. The van der Waals surface area contributed by atoms with Crippen molar-refractivity contribution in [1.29, 1.82) is 0 Å². The number of allylic oxidation sites excluding steroid dienone is 3. The van der Waals surface area contributed by atoms with E-state index >= 15 is 0 Å². The first-order valence-corrected chi connectivity index (χ1v) is 6.48. The zero-order valence-corrected chi connectivity index (χ0v) is 10.4. The van der Waals surface area contributed by atoms with Crippen molar-refractivity contribution in [3.05, 3.63) is 53.1 Å². The molecule has 1 N–H and O–H groups in total. The van der Waals surface area contributed by atoms with E-state index in [1.54, 1.807) is 24.3 Å². The van der Waals surface area contributed by atoms with Gasteiger partial charge in [-0.3, -0.25) is 9.59 Å². The van der Waals surface area contributed by atoms with Crippen LogP contribution < -0.4 is 0 Å². The molecule has 0 radical (unpaired) electrons. The van der Waals surface area contributed by atoms with Crippen molar-refractivity contribution in [3.8, 4) is 0 Å². The molecule has 0 heterocycles. The van der Waals surface area contributed by atoms with E-state index in [1.165, 1.54) is 0 Å². The first-order valence-electron chi connectivity index (χ1n) is 6.48. The van der Waals surface area contributed by atoms with E-state index in [1.807, 2.05) is 12.2 Å². The molecular weight excluding hydrogens is 240 g/mol. The number of fused-ring (bicyclic) bond motifs is 1. The highest BCUT2D eigenvalue weighted by atomic mass is 16.3. The zero-order valence-electron chi connectivity index (χ0n) is 10.4. The number of aliphatic hydroxyl groups excluding tert-OH is 1. The first kappa shape index (κ1) is 11.9. The average molecular weight is 254 g/mol. The van der Waals surface area contributed by atoms with E-state index in [2.05, 4.69) is 0 Å². The van der Waals surface area contributed by atoms with E-state index in [-0.39, 0.29) is 17.3 Å². The molecule has 0 spiro atoms. The number of aliphatic hydroxyl groups is 1. The van der Waals surface area contributed by atoms with Crippen molar-refractivity contribution >= 4 is 17.3 Å². The SMILES string of the molecule is O=C1C(=O)c2ccccc2C(O)=C1[C@@H]1C=CCCC1. The van der Waals surface area contributed by atoms with E-state index in [4.69, 9.17) is 0 Å². The van der Waals surface area contributed by atoms with Crippen LogP contribution in [0.25, 0.3) is 5.76 Å². The average Bonchev–Trinajstić information content (AvgIpc) is 2.46. The molecule has 3 heteroatoms. The van der Waals surface area contributed by atoms with E-state index in [9.17, 15) is 14.7 Å². The Bertz CT molecular complexity index is 623. The van der Waals surface area contributed by atoms with Gasteiger partial charge in [-0.1, -0.05) is 36.4 Å². The number of hydrogen-bond donors (Lipinski definition) is 1. The summed E-state index contributed by atoms with van der Waals surface area (Å²) in [5.41, 5.74) is 1.04. The van der Waals surface area contributed by atoms with Crippen LogP contribution in [0.4, 0.5) is 0 Å². The highest BCUT2D eigenvalue weighted by Gasteiger charge is 2.35. The van der Waals surface area contributed by atoms with Gasteiger partial charge in [-0.05, 0) is 19.3 Å². The maximum atomic E-state index is 12.2. The molecule has 0 saturated carbocycles. The molecule has 0 bridgehead atoms. The van der Waals surface area contributed by atoms with Gasteiger partial charge in [0.05, 0.1) is 5.57 Å². The van der Waals surface area contributed by atoms with Crippen LogP contribution in [0.15, 0.2) is 42.0 Å². The fourth-order valence-electron chi connectivity index (χ4n) is 2.78. The topological polar surface area (TPSA) is 54.4 Å². The molecule has 1 aromatic rings. The first-order chi connectivity index (χ1) is 9.20. The van der Waals surface area contributed by atoms with Gasteiger partial charge in [-0.15, -0.1) is 0 Å². The third kappa shape index (κ3) is 1.82.